The van der Waals surface area contributed by atoms with Crippen molar-refractivity contribution in [1.29, 1.82) is 0 Å². The normalized spacial score (nSPS) is 24.2. The molecule has 0 aromatic carbocycles. The molecule has 6 heteroatoms. The van der Waals surface area contributed by atoms with E-state index in [2.05, 4.69) is 15.3 Å². The van der Waals surface area contributed by atoms with Crippen LogP contribution in [0.5, 0.6) is 0 Å². The largest absolute Gasteiger partial charge is 0.481 e. The number of carboxylic acid groups (broad SMARTS) is 1. The van der Waals surface area contributed by atoms with E-state index in [1.165, 1.54) is 12.4 Å². The second kappa shape index (κ2) is 4.34. The number of rotatable bonds is 3. The minimum atomic E-state index is -0.747. The highest BCUT2D eigenvalue weighted by Crippen LogP contribution is 2.27. The van der Waals surface area contributed by atoms with Gasteiger partial charge in [-0.3, -0.25) is 9.59 Å². The van der Waals surface area contributed by atoms with E-state index in [0.717, 1.165) is 6.42 Å². The number of nitrogens with zero attached hydrogens (tertiary/aromatic N) is 1. The van der Waals surface area contributed by atoms with Crippen molar-refractivity contribution in [3.05, 3.63) is 22.7 Å². The molecule has 86 valence electrons. The molecule has 1 heterocycles. The van der Waals surface area contributed by atoms with Gasteiger partial charge < -0.3 is 15.4 Å². The van der Waals surface area contributed by atoms with E-state index in [1.807, 2.05) is 0 Å². The molecule has 0 spiro atoms. The third-order valence-corrected chi connectivity index (χ3v) is 2.81. The van der Waals surface area contributed by atoms with E-state index in [0.29, 0.717) is 18.7 Å². The predicted octanol–water partition coefficient (Wildman–Crippen LogP) is 0.435. The van der Waals surface area contributed by atoms with Gasteiger partial charge in [-0.25, -0.2) is 4.98 Å². The molecule has 0 saturated heterocycles. The Morgan fingerprint density at radius 1 is 1.56 bits per heavy atom. The van der Waals surface area contributed by atoms with Gasteiger partial charge in [-0.05, 0) is 19.3 Å². The van der Waals surface area contributed by atoms with E-state index in [1.54, 1.807) is 0 Å². The summed E-state index contributed by atoms with van der Waals surface area (Å²) in [6.07, 6.45) is 3.39. The lowest BCUT2D eigenvalue weighted by Crippen LogP contribution is -2.20. The minimum Gasteiger partial charge on any atom is -0.481 e. The lowest BCUT2D eigenvalue weighted by atomic mass is 10.1. The summed E-state index contributed by atoms with van der Waals surface area (Å²) in [6.45, 7) is 0. The number of hydrogen-bond acceptors (Lipinski definition) is 4. The summed E-state index contributed by atoms with van der Waals surface area (Å²) in [4.78, 5) is 28.1. The van der Waals surface area contributed by atoms with Crippen LogP contribution >= 0.6 is 0 Å². The molecule has 0 radical (unpaired) electrons. The van der Waals surface area contributed by atoms with Crippen LogP contribution in [-0.4, -0.2) is 27.1 Å². The lowest BCUT2D eigenvalue weighted by Gasteiger charge is -2.12. The highest BCUT2D eigenvalue weighted by Gasteiger charge is 2.29. The number of aliphatic carboxylic acids is 1. The molecule has 0 amide bonds. The Hall–Kier alpha value is -1.85. The van der Waals surface area contributed by atoms with E-state index in [9.17, 15) is 9.59 Å². The van der Waals surface area contributed by atoms with Crippen molar-refractivity contribution in [2.75, 3.05) is 5.32 Å². The minimum absolute atomic E-state index is 0.0930. The standard InChI is InChI=1S/C10H13N3O3/c14-9-4-8(11-5-12-9)13-7-2-1-6(3-7)10(15)16/h4-7H,1-3H2,(H,15,16)(H2,11,12,13,14). The molecular formula is C10H13N3O3. The Morgan fingerprint density at radius 3 is 3.00 bits per heavy atom. The fourth-order valence-electron chi connectivity index (χ4n) is 1.99. The van der Waals surface area contributed by atoms with Crippen molar-refractivity contribution in [2.45, 2.75) is 25.3 Å². The first kappa shape index (κ1) is 10.7. The number of aromatic amines is 1. The van der Waals surface area contributed by atoms with Gasteiger partial charge in [-0.1, -0.05) is 0 Å². The molecule has 1 aliphatic carbocycles. The Morgan fingerprint density at radius 2 is 2.38 bits per heavy atom. The molecule has 16 heavy (non-hydrogen) atoms. The maximum atomic E-state index is 11.0. The van der Waals surface area contributed by atoms with E-state index in [4.69, 9.17) is 5.11 Å². The van der Waals surface area contributed by atoms with Crippen molar-refractivity contribution in [1.82, 2.24) is 9.97 Å². The Labute approximate surface area is 91.7 Å². The average molecular weight is 223 g/mol. The van der Waals surface area contributed by atoms with Crippen LogP contribution in [0.4, 0.5) is 5.82 Å². The molecule has 2 atom stereocenters. The first-order valence-electron chi connectivity index (χ1n) is 5.19. The van der Waals surface area contributed by atoms with Gasteiger partial charge in [0.05, 0.1) is 12.2 Å². The van der Waals surface area contributed by atoms with Gasteiger partial charge in [-0.15, -0.1) is 0 Å². The van der Waals surface area contributed by atoms with Gasteiger partial charge in [0.15, 0.2) is 0 Å². The quantitative estimate of drug-likeness (QED) is 0.691. The van der Waals surface area contributed by atoms with Gasteiger partial charge in [0.1, 0.15) is 5.82 Å². The zero-order chi connectivity index (χ0) is 11.5. The molecule has 2 unspecified atom stereocenters. The summed E-state index contributed by atoms with van der Waals surface area (Å²) in [5.41, 5.74) is -0.217. The first-order chi connectivity index (χ1) is 7.65. The third kappa shape index (κ3) is 2.39. The molecule has 1 saturated carbocycles. The Kier molecular flexibility index (Phi) is 2.89. The van der Waals surface area contributed by atoms with Crippen molar-refractivity contribution in [3.63, 3.8) is 0 Å². The van der Waals surface area contributed by atoms with Crippen molar-refractivity contribution in [3.8, 4) is 0 Å². The van der Waals surface area contributed by atoms with Crippen molar-refractivity contribution in [2.24, 2.45) is 5.92 Å². The fraction of sp³-hybridized carbons (Fsp3) is 0.500. The molecule has 1 aliphatic rings. The van der Waals surface area contributed by atoms with E-state index >= 15 is 0 Å². The van der Waals surface area contributed by atoms with Crippen LogP contribution in [0, 0.1) is 5.92 Å². The van der Waals surface area contributed by atoms with Crippen molar-refractivity contribution < 1.29 is 9.90 Å². The number of nitrogens with one attached hydrogen (secondary N) is 2. The van der Waals surface area contributed by atoms with Crippen LogP contribution in [0.15, 0.2) is 17.2 Å². The van der Waals surface area contributed by atoms with Crippen LogP contribution in [0.3, 0.4) is 0 Å². The summed E-state index contributed by atoms with van der Waals surface area (Å²) in [7, 11) is 0. The SMILES string of the molecule is O=C(O)C1CCC(Nc2cc(=O)[nH]cn2)C1. The Balaban J connectivity index is 1.97. The summed E-state index contributed by atoms with van der Waals surface area (Å²) in [5, 5.41) is 11.9. The maximum absolute atomic E-state index is 11.0. The molecule has 1 aromatic rings. The van der Waals surface area contributed by atoms with Gasteiger partial charge in [-0.2, -0.15) is 0 Å². The van der Waals surface area contributed by atoms with Crippen LogP contribution in [0.1, 0.15) is 19.3 Å². The topological polar surface area (TPSA) is 95.1 Å². The second-order valence-electron chi connectivity index (χ2n) is 3.99. The summed E-state index contributed by atoms with van der Waals surface area (Å²) < 4.78 is 0. The third-order valence-electron chi connectivity index (χ3n) is 2.81. The van der Waals surface area contributed by atoms with Crippen LogP contribution < -0.4 is 10.9 Å². The van der Waals surface area contributed by atoms with Gasteiger partial charge in [0.2, 0.25) is 0 Å². The molecular weight excluding hydrogens is 210 g/mol. The predicted molar refractivity (Wildman–Crippen MR) is 57.2 cm³/mol. The van der Waals surface area contributed by atoms with Crippen LogP contribution in [0.2, 0.25) is 0 Å². The summed E-state index contributed by atoms with van der Waals surface area (Å²) >= 11 is 0. The molecule has 3 N–H and O–H groups in total. The number of carboxylic acids is 1. The van der Waals surface area contributed by atoms with Crippen LogP contribution in [-0.2, 0) is 4.79 Å². The zero-order valence-corrected chi connectivity index (χ0v) is 8.64. The monoisotopic (exact) mass is 223 g/mol. The molecule has 0 bridgehead atoms. The number of H-pyrrole nitrogens is 1. The van der Waals surface area contributed by atoms with Gasteiger partial charge in [0.25, 0.3) is 5.56 Å². The van der Waals surface area contributed by atoms with Gasteiger partial charge in [0, 0.05) is 12.1 Å². The molecule has 0 aliphatic heterocycles. The second-order valence-corrected chi connectivity index (χ2v) is 3.99. The fourth-order valence-corrected chi connectivity index (χ4v) is 1.99. The molecule has 1 aromatic heterocycles. The van der Waals surface area contributed by atoms with Crippen molar-refractivity contribution >= 4 is 11.8 Å². The highest BCUT2D eigenvalue weighted by atomic mass is 16.4. The number of anilines is 1. The summed E-state index contributed by atoms with van der Waals surface area (Å²) in [5.74, 6) is -0.526. The average Bonchev–Trinajstić information content (AvgIpc) is 2.66. The number of hydrogen-bond donors (Lipinski definition) is 3. The van der Waals surface area contributed by atoms with E-state index in [-0.39, 0.29) is 17.5 Å². The highest BCUT2D eigenvalue weighted by molar-refractivity contribution is 5.70. The first-order valence-corrected chi connectivity index (χ1v) is 5.19. The number of aromatic nitrogens is 2. The summed E-state index contributed by atoms with van der Waals surface area (Å²) in [6, 6.07) is 1.46. The number of carbonyl (C=O) groups is 1. The van der Waals surface area contributed by atoms with Gasteiger partial charge >= 0.3 is 5.97 Å². The smallest absolute Gasteiger partial charge is 0.306 e. The maximum Gasteiger partial charge on any atom is 0.306 e. The lowest BCUT2D eigenvalue weighted by molar-refractivity contribution is -0.141. The van der Waals surface area contributed by atoms with Crippen LogP contribution in [0.25, 0.3) is 0 Å². The van der Waals surface area contributed by atoms with E-state index < -0.39 is 5.97 Å². The molecule has 2 rings (SSSR count). The molecule has 6 nitrogen and oxygen atoms in total. The molecule has 1 fully saturated rings. The Bertz CT molecular complexity index is 443. The zero-order valence-electron chi connectivity index (χ0n) is 8.64.